The van der Waals surface area contributed by atoms with Gasteiger partial charge in [-0.1, -0.05) is 19.9 Å². The lowest BCUT2D eigenvalue weighted by Crippen LogP contribution is -2.12. The molecule has 0 heterocycles. The number of ether oxygens (including phenoxy) is 1. The van der Waals surface area contributed by atoms with Crippen LogP contribution < -0.4 is 4.90 Å². The summed E-state index contributed by atoms with van der Waals surface area (Å²) in [5.41, 5.74) is 3.22. The first-order valence-electron chi connectivity index (χ1n) is 7.14. The van der Waals surface area contributed by atoms with Gasteiger partial charge in [-0.15, -0.1) is 0 Å². The minimum atomic E-state index is -0.905. The minimum absolute atomic E-state index is 0.163. The Kier molecular flexibility index (Phi) is 5.94. The van der Waals surface area contributed by atoms with Crippen molar-refractivity contribution in [2.75, 3.05) is 25.6 Å². The molecule has 1 aromatic carbocycles. The lowest BCUT2D eigenvalue weighted by Gasteiger charge is -2.21. The second-order valence-electron chi connectivity index (χ2n) is 5.48. The van der Waals surface area contributed by atoms with Gasteiger partial charge in [-0.25, -0.2) is 4.79 Å². The van der Waals surface area contributed by atoms with E-state index in [1.165, 1.54) is 0 Å². The number of anilines is 1. The highest BCUT2D eigenvalue weighted by Crippen LogP contribution is 2.31. The summed E-state index contributed by atoms with van der Waals surface area (Å²) in [7, 11) is 3.95. The zero-order chi connectivity index (χ0) is 16.2. The van der Waals surface area contributed by atoms with E-state index in [2.05, 4.69) is 13.8 Å². The molecule has 0 unspecified atom stereocenters. The van der Waals surface area contributed by atoms with Gasteiger partial charge in [0.1, 0.15) is 0 Å². The molecule has 0 N–H and O–H groups in total. The van der Waals surface area contributed by atoms with Crippen LogP contribution in [0.5, 0.6) is 0 Å². The minimum Gasteiger partial charge on any atom is -0.461 e. The molecular formula is C17H24FNO2. The third kappa shape index (κ3) is 4.06. The molecule has 0 radical (unpaired) electrons. The van der Waals surface area contributed by atoms with E-state index in [1.807, 2.05) is 37.2 Å². The van der Waals surface area contributed by atoms with E-state index in [0.29, 0.717) is 17.1 Å². The summed E-state index contributed by atoms with van der Waals surface area (Å²) < 4.78 is 18.8. The van der Waals surface area contributed by atoms with Gasteiger partial charge in [-0.3, -0.25) is 0 Å². The Morgan fingerprint density at radius 1 is 1.33 bits per heavy atom. The van der Waals surface area contributed by atoms with Crippen LogP contribution in [0.4, 0.5) is 10.1 Å². The lowest BCUT2D eigenvalue weighted by molar-refractivity contribution is -0.140. The number of hydrogen-bond acceptors (Lipinski definition) is 3. The molecule has 0 amide bonds. The molecule has 0 saturated carbocycles. The van der Waals surface area contributed by atoms with E-state index in [9.17, 15) is 9.18 Å². The van der Waals surface area contributed by atoms with Gasteiger partial charge in [-0.2, -0.15) is 4.39 Å². The number of hydrogen-bond donors (Lipinski definition) is 0. The van der Waals surface area contributed by atoms with Crippen LogP contribution in [0, 0.1) is 0 Å². The van der Waals surface area contributed by atoms with Crippen molar-refractivity contribution < 1.29 is 13.9 Å². The third-order valence-corrected chi connectivity index (χ3v) is 3.35. The fraction of sp³-hybridized carbons (Fsp3) is 0.471. The first-order valence-corrected chi connectivity index (χ1v) is 7.14. The number of carbonyl (C=O) groups is 1. The van der Waals surface area contributed by atoms with Gasteiger partial charge in [0.05, 0.1) is 6.61 Å². The van der Waals surface area contributed by atoms with Crippen molar-refractivity contribution in [3.05, 3.63) is 35.2 Å². The molecule has 4 heteroatoms. The van der Waals surface area contributed by atoms with E-state index in [-0.39, 0.29) is 6.61 Å². The molecule has 0 aromatic heterocycles. The van der Waals surface area contributed by atoms with Crippen molar-refractivity contribution in [3.63, 3.8) is 0 Å². The fourth-order valence-electron chi connectivity index (χ4n) is 2.13. The Morgan fingerprint density at radius 3 is 2.43 bits per heavy atom. The van der Waals surface area contributed by atoms with Crippen molar-refractivity contribution in [3.8, 4) is 0 Å². The lowest BCUT2D eigenvalue weighted by atomic mass is 9.95. The zero-order valence-electron chi connectivity index (χ0n) is 13.7. The van der Waals surface area contributed by atoms with Crippen molar-refractivity contribution >= 4 is 17.2 Å². The summed E-state index contributed by atoms with van der Waals surface area (Å²) >= 11 is 0. The van der Waals surface area contributed by atoms with Crippen molar-refractivity contribution in [2.24, 2.45) is 0 Å². The highest BCUT2D eigenvalue weighted by atomic mass is 19.1. The van der Waals surface area contributed by atoms with Crippen LogP contribution >= 0.6 is 0 Å². The molecule has 21 heavy (non-hydrogen) atoms. The molecule has 0 aliphatic rings. The molecule has 0 aliphatic carbocycles. The monoisotopic (exact) mass is 293 g/mol. The first kappa shape index (κ1) is 17.2. The Morgan fingerprint density at radius 2 is 1.95 bits per heavy atom. The highest BCUT2D eigenvalue weighted by molar-refractivity contribution is 5.95. The van der Waals surface area contributed by atoms with Crippen LogP contribution in [0.1, 0.15) is 44.7 Å². The number of nitrogens with zero attached hydrogens (tertiary/aromatic N) is 1. The van der Waals surface area contributed by atoms with E-state index < -0.39 is 11.8 Å². The maximum atomic E-state index is 14.0. The van der Waals surface area contributed by atoms with Crippen LogP contribution in [-0.2, 0) is 9.53 Å². The second kappa shape index (κ2) is 7.25. The van der Waals surface area contributed by atoms with Crippen LogP contribution in [0.3, 0.4) is 0 Å². The number of carbonyl (C=O) groups excluding carboxylic acids is 1. The maximum absolute atomic E-state index is 14.0. The van der Waals surface area contributed by atoms with Crippen molar-refractivity contribution in [1.82, 2.24) is 0 Å². The van der Waals surface area contributed by atoms with Gasteiger partial charge in [0.2, 0.25) is 5.83 Å². The molecule has 3 nitrogen and oxygen atoms in total. The second-order valence-corrected chi connectivity index (χ2v) is 5.48. The van der Waals surface area contributed by atoms with Crippen LogP contribution in [-0.4, -0.2) is 26.7 Å². The van der Waals surface area contributed by atoms with E-state index in [0.717, 1.165) is 11.3 Å². The van der Waals surface area contributed by atoms with Gasteiger partial charge in [0.15, 0.2) is 0 Å². The molecule has 0 bridgehead atoms. The third-order valence-electron chi connectivity index (χ3n) is 3.35. The number of halogens is 1. The molecule has 0 spiro atoms. The van der Waals surface area contributed by atoms with Gasteiger partial charge in [0, 0.05) is 19.8 Å². The van der Waals surface area contributed by atoms with Gasteiger partial charge < -0.3 is 9.64 Å². The Bertz CT molecular complexity index is 548. The predicted molar refractivity (Wildman–Crippen MR) is 85.2 cm³/mol. The van der Waals surface area contributed by atoms with Crippen LogP contribution in [0.2, 0.25) is 0 Å². The normalized spacial score (nSPS) is 12.2. The molecule has 116 valence electrons. The van der Waals surface area contributed by atoms with Crippen molar-refractivity contribution in [1.29, 1.82) is 0 Å². The Labute approximate surface area is 126 Å². The quantitative estimate of drug-likeness (QED) is 0.603. The molecule has 1 rings (SSSR count). The topological polar surface area (TPSA) is 29.5 Å². The largest absolute Gasteiger partial charge is 0.461 e. The molecule has 0 atom stereocenters. The maximum Gasteiger partial charge on any atom is 0.367 e. The number of benzene rings is 1. The average Bonchev–Trinajstić information content (AvgIpc) is 2.45. The standard InChI is InChI=1S/C17H24FNO2/c1-7-21-17(20)16(18)12(4)13-8-9-15(19(5)6)14(10-13)11(2)3/h8-11H,7H2,1-6H3/b16-12+. The zero-order valence-corrected chi connectivity index (χ0v) is 13.7. The Balaban J connectivity index is 3.29. The number of allylic oxidation sites excluding steroid dienone is 1. The summed E-state index contributed by atoms with van der Waals surface area (Å²) in [6, 6.07) is 5.72. The number of esters is 1. The van der Waals surface area contributed by atoms with E-state index >= 15 is 0 Å². The Hall–Kier alpha value is -1.84. The molecule has 0 saturated heterocycles. The molecule has 0 aliphatic heterocycles. The van der Waals surface area contributed by atoms with Crippen molar-refractivity contribution in [2.45, 2.75) is 33.6 Å². The van der Waals surface area contributed by atoms with Gasteiger partial charge in [-0.05, 0) is 48.6 Å². The summed E-state index contributed by atoms with van der Waals surface area (Å²) in [4.78, 5) is 13.5. The predicted octanol–water partition coefficient (Wildman–Crippen LogP) is 4.14. The number of rotatable bonds is 5. The SMILES string of the molecule is CCOC(=O)/C(F)=C(/C)c1ccc(N(C)C)c(C(C)C)c1. The molecular weight excluding hydrogens is 269 g/mol. The van der Waals surface area contributed by atoms with Crippen LogP contribution in [0.25, 0.3) is 5.57 Å². The summed E-state index contributed by atoms with van der Waals surface area (Å²) in [6.45, 7) is 7.60. The van der Waals surface area contributed by atoms with E-state index in [1.54, 1.807) is 13.8 Å². The summed E-state index contributed by atoms with van der Waals surface area (Å²) in [6.07, 6.45) is 0. The molecule has 1 aromatic rings. The summed E-state index contributed by atoms with van der Waals surface area (Å²) in [5, 5.41) is 0. The average molecular weight is 293 g/mol. The smallest absolute Gasteiger partial charge is 0.367 e. The van der Waals surface area contributed by atoms with E-state index in [4.69, 9.17) is 4.74 Å². The first-order chi connectivity index (χ1) is 9.79. The molecule has 0 fully saturated rings. The summed E-state index contributed by atoms with van der Waals surface area (Å²) in [5.74, 6) is -1.43. The highest BCUT2D eigenvalue weighted by Gasteiger charge is 2.17. The van der Waals surface area contributed by atoms with Gasteiger partial charge in [0.25, 0.3) is 0 Å². The van der Waals surface area contributed by atoms with Gasteiger partial charge >= 0.3 is 5.97 Å². The van der Waals surface area contributed by atoms with Crippen LogP contribution in [0.15, 0.2) is 24.0 Å². The fourth-order valence-corrected chi connectivity index (χ4v) is 2.13.